The van der Waals surface area contributed by atoms with Crippen LogP contribution in [0.25, 0.3) is 11.1 Å². The van der Waals surface area contributed by atoms with E-state index in [2.05, 4.69) is 33.0 Å². The molecular weight excluding hydrogens is 392 g/mol. The molecule has 3 rings (SSSR count). The van der Waals surface area contributed by atoms with Crippen LogP contribution in [0.2, 0.25) is 0 Å². The third-order valence-electron chi connectivity index (χ3n) is 4.17. The van der Waals surface area contributed by atoms with Gasteiger partial charge in [-0.15, -0.1) is 0 Å². The fourth-order valence-corrected chi connectivity index (χ4v) is 3.18. The first-order chi connectivity index (χ1) is 12.7. The molecule has 0 saturated heterocycles. The van der Waals surface area contributed by atoms with Gasteiger partial charge in [-0.2, -0.15) is 0 Å². The van der Waals surface area contributed by atoms with Crippen molar-refractivity contribution in [1.29, 1.82) is 0 Å². The Labute approximate surface area is 161 Å². The number of nitro groups is 1. The normalized spacial score (nSPS) is 10.5. The summed E-state index contributed by atoms with van der Waals surface area (Å²) in [5.41, 5.74) is 3.80. The first-order valence-electron chi connectivity index (χ1n) is 8.43. The first-order valence-corrected chi connectivity index (χ1v) is 9.55. The molecular formula is C21H19BrN2O2. The van der Waals surface area contributed by atoms with Gasteiger partial charge in [-0.1, -0.05) is 58.4 Å². The zero-order chi connectivity index (χ0) is 18.4. The zero-order valence-electron chi connectivity index (χ0n) is 14.2. The Morgan fingerprint density at radius 1 is 0.846 bits per heavy atom. The molecule has 0 amide bonds. The van der Waals surface area contributed by atoms with Crippen molar-refractivity contribution in [3.8, 4) is 11.1 Å². The molecule has 5 heteroatoms. The van der Waals surface area contributed by atoms with Crippen LogP contribution in [0.1, 0.15) is 6.42 Å². The number of nitro benzene ring substituents is 1. The number of benzene rings is 3. The summed E-state index contributed by atoms with van der Waals surface area (Å²) in [7, 11) is 0. The van der Waals surface area contributed by atoms with Gasteiger partial charge < -0.3 is 4.90 Å². The van der Waals surface area contributed by atoms with Gasteiger partial charge in [0.2, 0.25) is 0 Å². The highest BCUT2D eigenvalue weighted by Crippen LogP contribution is 2.32. The van der Waals surface area contributed by atoms with E-state index in [1.807, 2.05) is 48.5 Å². The second-order valence-corrected chi connectivity index (χ2v) is 6.64. The van der Waals surface area contributed by atoms with Crippen molar-refractivity contribution >= 4 is 33.0 Å². The third kappa shape index (κ3) is 4.11. The summed E-state index contributed by atoms with van der Waals surface area (Å²) in [4.78, 5) is 13.2. The molecule has 0 unspecified atom stereocenters. The highest BCUT2D eigenvalue weighted by atomic mass is 79.9. The minimum Gasteiger partial charge on any atom is -0.341 e. The van der Waals surface area contributed by atoms with Gasteiger partial charge in [0.1, 0.15) is 0 Å². The van der Waals surface area contributed by atoms with Gasteiger partial charge in [-0.3, -0.25) is 10.1 Å². The van der Waals surface area contributed by atoms with E-state index in [1.54, 1.807) is 12.1 Å². The van der Waals surface area contributed by atoms with Gasteiger partial charge in [-0.25, -0.2) is 0 Å². The molecule has 4 nitrogen and oxygen atoms in total. The van der Waals surface area contributed by atoms with Gasteiger partial charge in [0.25, 0.3) is 5.69 Å². The number of halogens is 1. The summed E-state index contributed by atoms with van der Waals surface area (Å²) in [5.74, 6) is 0. The largest absolute Gasteiger partial charge is 0.341 e. The lowest BCUT2D eigenvalue weighted by Crippen LogP contribution is -2.18. The maximum atomic E-state index is 11.3. The predicted octanol–water partition coefficient (Wildman–Crippen LogP) is 6.18. The van der Waals surface area contributed by atoms with Gasteiger partial charge in [0.05, 0.1) is 10.5 Å². The van der Waals surface area contributed by atoms with E-state index in [0.29, 0.717) is 5.56 Å². The molecule has 0 saturated carbocycles. The highest BCUT2D eigenvalue weighted by molar-refractivity contribution is 9.09. The fourth-order valence-electron chi connectivity index (χ4n) is 2.93. The number of hydrogen-bond donors (Lipinski definition) is 0. The van der Waals surface area contributed by atoms with Crippen molar-refractivity contribution in [2.75, 3.05) is 16.8 Å². The Morgan fingerprint density at radius 3 is 2.12 bits per heavy atom. The van der Waals surface area contributed by atoms with Crippen molar-refractivity contribution in [2.24, 2.45) is 0 Å². The smallest absolute Gasteiger partial charge is 0.277 e. The maximum Gasteiger partial charge on any atom is 0.277 e. The second-order valence-electron chi connectivity index (χ2n) is 5.85. The van der Waals surface area contributed by atoms with Crippen LogP contribution < -0.4 is 4.90 Å². The molecule has 0 aliphatic rings. The minimum atomic E-state index is -0.338. The van der Waals surface area contributed by atoms with E-state index < -0.39 is 0 Å². The Hall–Kier alpha value is -2.66. The summed E-state index contributed by atoms with van der Waals surface area (Å²) in [6, 6.07) is 25.0. The zero-order valence-corrected chi connectivity index (χ0v) is 15.8. The Kier molecular flexibility index (Phi) is 6.02. The van der Waals surface area contributed by atoms with Crippen molar-refractivity contribution in [3.05, 3.63) is 89.0 Å². The molecule has 0 N–H and O–H groups in total. The Morgan fingerprint density at radius 2 is 1.46 bits per heavy atom. The summed E-state index contributed by atoms with van der Waals surface area (Å²) in [5, 5.41) is 12.2. The molecule has 0 aromatic heterocycles. The van der Waals surface area contributed by atoms with Crippen molar-refractivity contribution in [1.82, 2.24) is 0 Å². The van der Waals surface area contributed by atoms with E-state index >= 15 is 0 Å². The number of anilines is 2. The van der Waals surface area contributed by atoms with Crippen LogP contribution in [-0.4, -0.2) is 16.8 Å². The standard InChI is InChI=1S/C21H19BrN2O2/c22-15-6-16-23(18-7-2-1-3-8-18)19-13-11-17(12-14-19)20-9-4-5-10-21(20)24(25)26/h1-5,7-14H,6,15-16H2. The molecule has 0 radical (unpaired) electrons. The van der Waals surface area contributed by atoms with Crippen molar-refractivity contribution in [2.45, 2.75) is 6.42 Å². The number of hydrogen-bond acceptors (Lipinski definition) is 3. The summed E-state index contributed by atoms with van der Waals surface area (Å²) in [6.45, 7) is 0.889. The van der Waals surface area contributed by atoms with Crippen molar-refractivity contribution in [3.63, 3.8) is 0 Å². The molecule has 132 valence electrons. The second kappa shape index (κ2) is 8.63. The fraction of sp³-hybridized carbons (Fsp3) is 0.143. The number of para-hydroxylation sites is 2. The molecule has 0 aliphatic heterocycles. The molecule has 0 spiro atoms. The molecule has 0 aliphatic carbocycles. The molecule has 0 atom stereocenters. The van der Waals surface area contributed by atoms with Gasteiger partial charge in [-0.05, 0) is 42.3 Å². The predicted molar refractivity (Wildman–Crippen MR) is 110 cm³/mol. The first kappa shape index (κ1) is 18.1. The highest BCUT2D eigenvalue weighted by Gasteiger charge is 2.15. The van der Waals surface area contributed by atoms with Crippen molar-refractivity contribution < 1.29 is 4.92 Å². The van der Waals surface area contributed by atoms with Gasteiger partial charge >= 0.3 is 0 Å². The summed E-state index contributed by atoms with van der Waals surface area (Å²) < 4.78 is 0. The average molecular weight is 411 g/mol. The number of rotatable bonds is 7. The number of nitrogens with zero attached hydrogens (tertiary/aromatic N) is 2. The van der Waals surface area contributed by atoms with E-state index in [-0.39, 0.29) is 10.6 Å². The molecule has 26 heavy (non-hydrogen) atoms. The maximum absolute atomic E-state index is 11.3. The lowest BCUT2D eigenvalue weighted by molar-refractivity contribution is -0.384. The van der Waals surface area contributed by atoms with Crippen LogP contribution in [0, 0.1) is 10.1 Å². The Balaban J connectivity index is 1.94. The van der Waals surface area contributed by atoms with Crippen LogP contribution in [0.5, 0.6) is 0 Å². The lowest BCUT2D eigenvalue weighted by Gasteiger charge is -2.25. The Bertz CT molecular complexity index is 867. The summed E-state index contributed by atoms with van der Waals surface area (Å²) >= 11 is 3.50. The molecule has 0 heterocycles. The van der Waals surface area contributed by atoms with Gasteiger partial charge in [0.15, 0.2) is 0 Å². The van der Waals surface area contributed by atoms with Crippen LogP contribution >= 0.6 is 15.9 Å². The van der Waals surface area contributed by atoms with Crippen LogP contribution in [-0.2, 0) is 0 Å². The summed E-state index contributed by atoms with van der Waals surface area (Å²) in [6.07, 6.45) is 1.01. The monoisotopic (exact) mass is 410 g/mol. The topological polar surface area (TPSA) is 46.4 Å². The quantitative estimate of drug-likeness (QED) is 0.265. The SMILES string of the molecule is O=[N+]([O-])c1ccccc1-c1ccc(N(CCCBr)c2ccccc2)cc1. The molecule has 0 bridgehead atoms. The minimum absolute atomic E-state index is 0.124. The van der Waals surface area contributed by atoms with Gasteiger partial charge in [0, 0.05) is 29.3 Å². The third-order valence-corrected chi connectivity index (χ3v) is 4.73. The molecule has 0 fully saturated rings. The van der Waals surface area contributed by atoms with E-state index in [4.69, 9.17) is 0 Å². The molecule has 3 aromatic rings. The molecule has 3 aromatic carbocycles. The average Bonchev–Trinajstić information content (AvgIpc) is 2.69. The van der Waals surface area contributed by atoms with E-state index in [0.717, 1.165) is 35.2 Å². The van der Waals surface area contributed by atoms with Crippen LogP contribution in [0.15, 0.2) is 78.9 Å². The number of alkyl halides is 1. The van der Waals surface area contributed by atoms with E-state index in [1.165, 1.54) is 6.07 Å². The van der Waals surface area contributed by atoms with Crippen LogP contribution in [0.3, 0.4) is 0 Å². The van der Waals surface area contributed by atoms with Crippen LogP contribution in [0.4, 0.5) is 17.1 Å². The lowest BCUT2D eigenvalue weighted by atomic mass is 10.0. The van der Waals surface area contributed by atoms with E-state index in [9.17, 15) is 10.1 Å².